The molecule has 0 atom stereocenters. The fourth-order valence-corrected chi connectivity index (χ4v) is 1.86. The van der Waals surface area contributed by atoms with E-state index in [1.165, 1.54) is 3.57 Å². The predicted octanol–water partition coefficient (Wildman–Crippen LogP) is 2.64. The average molecular weight is 242 g/mol. The quantitative estimate of drug-likeness (QED) is 0.524. The van der Waals surface area contributed by atoms with Crippen molar-refractivity contribution in [1.82, 2.24) is 0 Å². The molecule has 0 bridgehead atoms. The van der Waals surface area contributed by atoms with Crippen LogP contribution < -0.4 is 0 Å². The van der Waals surface area contributed by atoms with Gasteiger partial charge in [-0.2, -0.15) is 0 Å². The largest absolute Gasteiger partial charge is 0.137 e. The zero-order chi connectivity index (χ0) is 5.28. The third kappa shape index (κ3) is 1.33. The van der Waals surface area contributed by atoms with Crippen LogP contribution in [0, 0.1) is 3.57 Å². The van der Waals surface area contributed by atoms with E-state index in [9.17, 15) is 0 Å². The number of thiophene rings is 1. The van der Waals surface area contributed by atoms with Crippen molar-refractivity contribution in [2.24, 2.45) is 0 Å². The van der Waals surface area contributed by atoms with Gasteiger partial charge in [0.05, 0.1) is 4.21 Å². The van der Waals surface area contributed by atoms with E-state index in [0.29, 0.717) is 0 Å². The van der Waals surface area contributed by atoms with E-state index < -0.39 is 0 Å². The van der Waals surface area contributed by atoms with Gasteiger partial charge in [-0.05, 0) is 34.0 Å². The first kappa shape index (κ1) is 5.91. The highest BCUT2D eigenvalue weighted by molar-refractivity contribution is 14.1. The van der Waals surface area contributed by atoms with Crippen LogP contribution in [0.1, 0.15) is 0 Å². The maximum Gasteiger partial charge on any atom is 0.0701 e. The summed E-state index contributed by atoms with van der Waals surface area (Å²) in [4.78, 5) is 0. The van der Waals surface area contributed by atoms with Crippen LogP contribution in [0.2, 0.25) is 0 Å². The Morgan fingerprint density at radius 2 is 2.43 bits per heavy atom. The molecule has 0 aromatic carbocycles. The Morgan fingerprint density at radius 1 is 1.71 bits per heavy atom. The van der Waals surface area contributed by atoms with Crippen LogP contribution in [-0.4, -0.2) is 0 Å². The number of halogens is 1. The van der Waals surface area contributed by atoms with Gasteiger partial charge in [-0.1, -0.05) is 0 Å². The molecule has 0 fully saturated rings. The van der Waals surface area contributed by atoms with Gasteiger partial charge in [-0.15, -0.1) is 24.0 Å². The van der Waals surface area contributed by atoms with Crippen molar-refractivity contribution in [2.45, 2.75) is 4.21 Å². The smallest absolute Gasteiger partial charge is 0.0701 e. The van der Waals surface area contributed by atoms with Crippen LogP contribution in [0.4, 0.5) is 0 Å². The van der Waals surface area contributed by atoms with Crippen molar-refractivity contribution in [1.29, 1.82) is 0 Å². The number of rotatable bonds is 0. The summed E-state index contributed by atoms with van der Waals surface area (Å²) >= 11 is 8.07. The molecule has 0 aliphatic rings. The van der Waals surface area contributed by atoms with E-state index in [4.69, 9.17) is 0 Å². The van der Waals surface area contributed by atoms with Crippen LogP contribution in [0.25, 0.3) is 0 Å². The normalized spacial score (nSPS) is 9.43. The Morgan fingerprint density at radius 3 is 2.57 bits per heavy atom. The Balaban J connectivity index is 3.12. The second-order valence-corrected chi connectivity index (χ2v) is 3.90. The van der Waals surface area contributed by atoms with Gasteiger partial charge in [0.15, 0.2) is 0 Å². The topological polar surface area (TPSA) is 0 Å². The molecule has 1 aromatic heterocycles. The molecule has 0 spiro atoms. The first-order valence-corrected chi connectivity index (χ1v) is 4.13. The molecule has 1 aromatic rings. The summed E-state index contributed by atoms with van der Waals surface area (Å²) in [5.74, 6) is 0. The molecular formula is C4H3IS2. The van der Waals surface area contributed by atoms with Gasteiger partial charge in [0.1, 0.15) is 0 Å². The third-order valence-electron chi connectivity index (χ3n) is 0.598. The molecule has 0 unspecified atom stereocenters. The van der Waals surface area contributed by atoms with Crippen molar-refractivity contribution in [3.63, 3.8) is 0 Å². The first-order valence-electron chi connectivity index (χ1n) is 1.72. The molecular weight excluding hydrogens is 239 g/mol. The van der Waals surface area contributed by atoms with E-state index in [2.05, 4.69) is 35.2 Å². The molecule has 0 saturated heterocycles. The lowest BCUT2D eigenvalue weighted by molar-refractivity contribution is 1.65. The minimum absolute atomic E-state index is 1.11. The number of thiol groups is 1. The van der Waals surface area contributed by atoms with E-state index in [-0.39, 0.29) is 0 Å². The van der Waals surface area contributed by atoms with Gasteiger partial charge in [-0.3, -0.25) is 0 Å². The second kappa shape index (κ2) is 2.37. The molecule has 0 aliphatic carbocycles. The number of hydrogen-bond donors (Lipinski definition) is 1. The SMILES string of the molecule is Sc1sccc1I. The van der Waals surface area contributed by atoms with E-state index in [0.717, 1.165) is 4.21 Å². The average Bonchev–Trinajstić information content (AvgIpc) is 1.91. The summed E-state index contributed by atoms with van der Waals surface area (Å²) in [6.45, 7) is 0. The van der Waals surface area contributed by atoms with Gasteiger partial charge in [0, 0.05) is 3.57 Å². The monoisotopic (exact) mass is 242 g/mol. The molecule has 1 heterocycles. The van der Waals surface area contributed by atoms with E-state index >= 15 is 0 Å². The summed E-state index contributed by atoms with van der Waals surface area (Å²) in [5.41, 5.74) is 0. The summed E-state index contributed by atoms with van der Waals surface area (Å²) in [6, 6.07) is 2.05. The zero-order valence-corrected chi connectivity index (χ0v) is 7.26. The molecule has 0 N–H and O–H groups in total. The Hall–Kier alpha value is 0.780. The maximum atomic E-state index is 4.16. The minimum Gasteiger partial charge on any atom is -0.137 e. The summed E-state index contributed by atoms with van der Waals surface area (Å²) in [6.07, 6.45) is 0. The van der Waals surface area contributed by atoms with Crippen molar-refractivity contribution in [3.8, 4) is 0 Å². The lowest BCUT2D eigenvalue weighted by Crippen LogP contribution is -1.53. The molecule has 3 heteroatoms. The van der Waals surface area contributed by atoms with E-state index in [1.807, 2.05) is 11.4 Å². The predicted molar refractivity (Wildman–Crippen MR) is 44.3 cm³/mol. The molecule has 0 radical (unpaired) electrons. The Kier molecular flexibility index (Phi) is 2.00. The lowest BCUT2D eigenvalue weighted by Gasteiger charge is -1.76. The van der Waals surface area contributed by atoms with Gasteiger partial charge >= 0.3 is 0 Å². The molecule has 1 rings (SSSR count). The van der Waals surface area contributed by atoms with Gasteiger partial charge in [0.2, 0.25) is 0 Å². The Labute approximate surface area is 65.5 Å². The summed E-state index contributed by atoms with van der Waals surface area (Å²) in [5, 5.41) is 2.03. The van der Waals surface area contributed by atoms with Crippen molar-refractivity contribution in [2.75, 3.05) is 0 Å². The van der Waals surface area contributed by atoms with Crippen LogP contribution in [0.15, 0.2) is 15.7 Å². The van der Waals surface area contributed by atoms with Crippen molar-refractivity contribution < 1.29 is 0 Å². The zero-order valence-electron chi connectivity index (χ0n) is 3.39. The molecule has 0 nitrogen and oxygen atoms in total. The second-order valence-electron chi connectivity index (χ2n) is 1.07. The number of hydrogen-bond acceptors (Lipinski definition) is 2. The first-order chi connectivity index (χ1) is 3.30. The maximum absolute atomic E-state index is 4.16. The van der Waals surface area contributed by atoms with Gasteiger partial charge in [0.25, 0.3) is 0 Å². The minimum atomic E-state index is 1.11. The highest BCUT2D eigenvalue weighted by atomic mass is 127. The summed E-state index contributed by atoms with van der Waals surface area (Å²) in [7, 11) is 0. The van der Waals surface area contributed by atoms with Gasteiger partial charge in [-0.25, -0.2) is 0 Å². The van der Waals surface area contributed by atoms with Crippen LogP contribution in [-0.2, 0) is 0 Å². The summed E-state index contributed by atoms with van der Waals surface area (Å²) < 4.78 is 2.35. The lowest BCUT2D eigenvalue weighted by atomic mass is 10.7. The highest BCUT2D eigenvalue weighted by Gasteiger charge is 1.90. The highest BCUT2D eigenvalue weighted by Crippen LogP contribution is 2.21. The fraction of sp³-hybridized carbons (Fsp3) is 0. The van der Waals surface area contributed by atoms with Crippen LogP contribution >= 0.6 is 46.6 Å². The van der Waals surface area contributed by atoms with Crippen LogP contribution in [0.3, 0.4) is 0 Å². The molecule has 0 amide bonds. The fourth-order valence-electron chi connectivity index (χ4n) is 0.286. The molecule has 7 heavy (non-hydrogen) atoms. The van der Waals surface area contributed by atoms with Crippen LogP contribution in [0.5, 0.6) is 0 Å². The standard InChI is InChI=1S/C4H3IS2/c5-3-1-2-7-4(3)6/h1-2,6H. The van der Waals surface area contributed by atoms with Gasteiger partial charge < -0.3 is 0 Å². The molecule has 38 valence electrons. The third-order valence-corrected chi connectivity index (χ3v) is 3.56. The van der Waals surface area contributed by atoms with Crippen molar-refractivity contribution >= 4 is 46.6 Å². The Bertz CT molecular complexity index is 142. The van der Waals surface area contributed by atoms with E-state index in [1.54, 1.807) is 11.3 Å². The van der Waals surface area contributed by atoms with Crippen molar-refractivity contribution in [3.05, 3.63) is 15.0 Å². The molecule has 0 aliphatic heterocycles. The molecule has 0 saturated carbocycles.